The number of halogens is 1. The number of hydrogen-bond donors (Lipinski definition) is 1. The fourth-order valence-corrected chi connectivity index (χ4v) is 3.64. The average Bonchev–Trinajstić information content (AvgIpc) is 2.69. The van der Waals surface area contributed by atoms with Crippen LogP contribution in [0, 0.1) is 5.82 Å². The van der Waals surface area contributed by atoms with E-state index in [2.05, 4.69) is 5.32 Å². The number of thioether (sulfide) groups is 1. The molecule has 1 amide bonds. The van der Waals surface area contributed by atoms with E-state index in [1.54, 1.807) is 30.0 Å². The van der Waals surface area contributed by atoms with Crippen molar-refractivity contribution >= 4 is 23.4 Å². The van der Waals surface area contributed by atoms with Gasteiger partial charge >= 0.3 is 0 Å². The fraction of sp³-hybridized carbons (Fsp3) is 0.174. The van der Waals surface area contributed by atoms with Crippen molar-refractivity contribution in [3.05, 3.63) is 89.7 Å². The molecule has 5 heteroatoms. The minimum Gasteiger partial charge on any atom is -0.489 e. The highest BCUT2D eigenvalue weighted by atomic mass is 32.2. The number of anilines is 1. The summed E-state index contributed by atoms with van der Waals surface area (Å²) in [5.41, 5.74) is 2.23. The van der Waals surface area contributed by atoms with Crippen LogP contribution in [-0.4, -0.2) is 12.0 Å². The van der Waals surface area contributed by atoms with Gasteiger partial charge in [0.2, 0.25) is 0 Å². The van der Waals surface area contributed by atoms with Gasteiger partial charge in [-0.3, -0.25) is 4.79 Å². The Labute approximate surface area is 168 Å². The van der Waals surface area contributed by atoms with E-state index in [0.717, 1.165) is 10.5 Å². The molecule has 3 aromatic carbocycles. The maximum Gasteiger partial charge on any atom is 0.256 e. The Morgan fingerprint density at radius 2 is 1.68 bits per heavy atom. The zero-order chi connectivity index (χ0) is 19.9. The Bertz CT molecular complexity index is 941. The highest BCUT2D eigenvalue weighted by Crippen LogP contribution is 2.29. The zero-order valence-electron chi connectivity index (χ0n) is 15.8. The molecule has 0 radical (unpaired) electrons. The van der Waals surface area contributed by atoms with Crippen LogP contribution >= 0.6 is 11.8 Å². The lowest BCUT2D eigenvalue weighted by atomic mass is 10.2. The molecule has 3 rings (SSSR count). The van der Waals surface area contributed by atoms with Crippen LogP contribution in [0.2, 0.25) is 0 Å². The summed E-state index contributed by atoms with van der Waals surface area (Å²) < 4.78 is 18.8. The molecule has 0 aromatic heterocycles. The second-order valence-corrected chi connectivity index (χ2v) is 7.55. The number of hydrogen-bond acceptors (Lipinski definition) is 3. The summed E-state index contributed by atoms with van der Waals surface area (Å²) >= 11 is 1.55. The number of para-hydroxylation sites is 2. The smallest absolute Gasteiger partial charge is 0.256 e. The summed E-state index contributed by atoms with van der Waals surface area (Å²) in [6.07, 6.45) is 0.0107. The van der Waals surface area contributed by atoms with Gasteiger partial charge in [-0.1, -0.05) is 36.4 Å². The number of amides is 1. The van der Waals surface area contributed by atoms with E-state index in [-0.39, 0.29) is 17.8 Å². The van der Waals surface area contributed by atoms with Gasteiger partial charge in [0.25, 0.3) is 5.91 Å². The fourth-order valence-electron chi connectivity index (χ4n) is 2.64. The van der Waals surface area contributed by atoms with Crippen LogP contribution < -0.4 is 10.1 Å². The Morgan fingerprint density at radius 1 is 1.00 bits per heavy atom. The lowest BCUT2D eigenvalue weighted by Gasteiger charge is -2.15. The first kappa shape index (κ1) is 20.0. The van der Waals surface area contributed by atoms with Gasteiger partial charge in [0.05, 0.1) is 17.4 Å². The molecule has 0 aliphatic rings. The van der Waals surface area contributed by atoms with E-state index >= 15 is 0 Å². The van der Waals surface area contributed by atoms with Gasteiger partial charge in [-0.2, -0.15) is 0 Å². The van der Waals surface area contributed by atoms with Crippen molar-refractivity contribution < 1.29 is 13.9 Å². The summed E-state index contributed by atoms with van der Waals surface area (Å²) in [5, 5.41) is 2.95. The Balaban J connectivity index is 1.75. The molecule has 0 saturated heterocycles. The Kier molecular flexibility index (Phi) is 6.71. The molecule has 144 valence electrons. The number of carbonyl (C=O) groups excluding carboxylic acids is 1. The number of nitrogens with one attached hydrogen (secondary N) is 1. The Hall–Kier alpha value is -2.79. The van der Waals surface area contributed by atoms with Gasteiger partial charge in [0.15, 0.2) is 0 Å². The van der Waals surface area contributed by atoms with Crippen molar-refractivity contribution in [2.24, 2.45) is 0 Å². The molecule has 3 aromatic rings. The van der Waals surface area contributed by atoms with Crippen LogP contribution in [0.5, 0.6) is 5.75 Å². The predicted molar refractivity (Wildman–Crippen MR) is 113 cm³/mol. The van der Waals surface area contributed by atoms with E-state index in [9.17, 15) is 9.18 Å². The molecule has 0 aliphatic heterocycles. The Morgan fingerprint density at radius 3 is 2.43 bits per heavy atom. The third-order valence-electron chi connectivity index (χ3n) is 3.94. The van der Waals surface area contributed by atoms with Crippen molar-refractivity contribution in [3.63, 3.8) is 0 Å². The number of benzene rings is 3. The largest absolute Gasteiger partial charge is 0.489 e. The molecular weight excluding hydrogens is 373 g/mol. The van der Waals surface area contributed by atoms with Crippen molar-refractivity contribution in [1.82, 2.24) is 0 Å². The first-order valence-corrected chi connectivity index (χ1v) is 10.0. The van der Waals surface area contributed by atoms with Gasteiger partial charge in [-0.15, -0.1) is 11.8 Å². The van der Waals surface area contributed by atoms with Crippen LogP contribution in [0.1, 0.15) is 29.8 Å². The quantitative estimate of drug-likeness (QED) is 0.487. The van der Waals surface area contributed by atoms with Gasteiger partial charge < -0.3 is 10.1 Å². The molecule has 0 unspecified atom stereocenters. The maximum atomic E-state index is 13.1. The lowest BCUT2D eigenvalue weighted by Crippen LogP contribution is -2.15. The molecule has 0 heterocycles. The molecule has 0 saturated carbocycles. The third kappa shape index (κ3) is 5.36. The zero-order valence-corrected chi connectivity index (χ0v) is 16.6. The van der Waals surface area contributed by atoms with Crippen LogP contribution in [0.15, 0.2) is 77.7 Å². The molecule has 0 fully saturated rings. The van der Waals surface area contributed by atoms with Crippen LogP contribution in [0.4, 0.5) is 10.1 Å². The molecular formula is C23H22FNO2S. The van der Waals surface area contributed by atoms with E-state index in [1.165, 1.54) is 12.1 Å². The summed E-state index contributed by atoms with van der Waals surface area (Å²) in [4.78, 5) is 13.8. The first-order valence-electron chi connectivity index (χ1n) is 9.06. The molecule has 0 spiro atoms. The minimum absolute atomic E-state index is 0.0107. The topological polar surface area (TPSA) is 38.3 Å². The van der Waals surface area contributed by atoms with Crippen molar-refractivity contribution in [1.29, 1.82) is 0 Å². The predicted octanol–water partition coefficient (Wildman–Crippen LogP) is 6.16. The van der Waals surface area contributed by atoms with Crippen LogP contribution in [0.3, 0.4) is 0 Å². The van der Waals surface area contributed by atoms with Crippen molar-refractivity contribution in [2.45, 2.75) is 30.6 Å². The highest BCUT2D eigenvalue weighted by Gasteiger charge is 2.14. The number of carbonyl (C=O) groups is 1. The molecule has 0 bridgehead atoms. The molecule has 0 atom stereocenters. The molecule has 1 N–H and O–H groups in total. The summed E-state index contributed by atoms with van der Waals surface area (Å²) in [6, 6.07) is 21.3. The average molecular weight is 395 g/mol. The van der Waals surface area contributed by atoms with Gasteiger partial charge in [-0.25, -0.2) is 4.39 Å². The van der Waals surface area contributed by atoms with Crippen molar-refractivity contribution in [3.8, 4) is 5.75 Å². The summed E-state index contributed by atoms with van der Waals surface area (Å²) in [5.74, 6) is 0.845. The third-order valence-corrected chi connectivity index (χ3v) is 5.08. The van der Waals surface area contributed by atoms with Gasteiger partial charge in [-0.05, 0) is 55.8 Å². The molecule has 3 nitrogen and oxygen atoms in total. The van der Waals surface area contributed by atoms with Crippen LogP contribution in [-0.2, 0) is 5.75 Å². The lowest BCUT2D eigenvalue weighted by molar-refractivity contribution is 0.102. The van der Waals surface area contributed by atoms with Gasteiger partial charge in [0, 0.05) is 10.6 Å². The van der Waals surface area contributed by atoms with E-state index in [0.29, 0.717) is 22.8 Å². The SMILES string of the molecule is CC(C)Oc1ccccc1NC(=O)c1ccccc1SCc1ccc(F)cc1. The summed E-state index contributed by atoms with van der Waals surface area (Å²) in [6.45, 7) is 3.89. The monoisotopic (exact) mass is 395 g/mol. The van der Waals surface area contributed by atoms with E-state index < -0.39 is 0 Å². The second-order valence-electron chi connectivity index (χ2n) is 6.53. The number of rotatable bonds is 7. The molecule has 0 aliphatic carbocycles. The normalized spacial score (nSPS) is 10.7. The first-order chi connectivity index (χ1) is 13.5. The molecule has 28 heavy (non-hydrogen) atoms. The maximum absolute atomic E-state index is 13.1. The van der Waals surface area contributed by atoms with Crippen LogP contribution in [0.25, 0.3) is 0 Å². The van der Waals surface area contributed by atoms with Crippen molar-refractivity contribution in [2.75, 3.05) is 5.32 Å². The standard InChI is InChI=1S/C23H22FNO2S/c1-16(2)27-21-9-5-4-8-20(21)25-23(26)19-7-3-6-10-22(19)28-15-17-11-13-18(24)14-12-17/h3-14,16H,15H2,1-2H3,(H,25,26). The minimum atomic E-state index is -0.254. The highest BCUT2D eigenvalue weighted by molar-refractivity contribution is 7.98. The van der Waals surface area contributed by atoms with E-state index in [4.69, 9.17) is 4.74 Å². The number of ether oxygens (including phenoxy) is 1. The van der Waals surface area contributed by atoms with E-state index in [1.807, 2.05) is 56.3 Å². The second kappa shape index (κ2) is 9.42. The van der Waals surface area contributed by atoms with Gasteiger partial charge in [0.1, 0.15) is 11.6 Å². The summed E-state index contributed by atoms with van der Waals surface area (Å²) in [7, 11) is 0.